The van der Waals surface area contributed by atoms with Crippen LogP contribution in [0.2, 0.25) is 0 Å². The highest BCUT2D eigenvalue weighted by molar-refractivity contribution is 6.07. The second kappa shape index (κ2) is 3.97. The molecule has 0 unspecified atom stereocenters. The van der Waals surface area contributed by atoms with E-state index in [2.05, 4.69) is 0 Å². The Morgan fingerprint density at radius 2 is 1.76 bits per heavy atom. The van der Waals surface area contributed by atoms with Crippen molar-refractivity contribution in [3.05, 3.63) is 45.8 Å². The number of carbonyl (C=O) groups excluding carboxylic acids is 2. The third-order valence-corrected chi connectivity index (χ3v) is 2.53. The number of carbonyl (C=O) groups is 2. The molecule has 0 amide bonds. The summed E-state index contributed by atoms with van der Waals surface area (Å²) in [7, 11) is 0. The Balaban J connectivity index is 2.87. The summed E-state index contributed by atoms with van der Waals surface area (Å²) in [6.45, 7) is 2.81. The zero-order valence-corrected chi connectivity index (χ0v) is 9.44. The lowest BCUT2D eigenvalue weighted by Gasteiger charge is -2.03. The van der Waals surface area contributed by atoms with E-state index in [0.29, 0.717) is 16.5 Å². The third kappa shape index (κ3) is 2.01. The first-order valence-electron chi connectivity index (χ1n) is 5.09. The quantitative estimate of drug-likeness (QED) is 0.586. The van der Waals surface area contributed by atoms with Crippen LogP contribution in [0.3, 0.4) is 0 Å². The van der Waals surface area contributed by atoms with Gasteiger partial charge in [-0.2, -0.15) is 0 Å². The third-order valence-electron chi connectivity index (χ3n) is 2.53. The second-order valence-electron chi connectivity index (χ2n) is 3.80. The predicted molar refractivity (Wildman–Crippen MR) is 62.5 cm³/mol. The van der Waals surface area contributed by atoms with Crippen molar-refractivity contribution in [1.82, 2.24) is 0 Å². The lowest BCUT2D eigenvalue weighted by molar-refractivity contribution is 0.100. The van der Waals surface area contributed by atoms with Crippen LogP contribution in [0, 0.1) is 0 Å². The Morgan fingerprint density at radius 1 is 1.06 bits per heavy atom. The maximum atomic E-state index is 11.4. The van der Waals surface area contributed by atoms with Crippen molar-refractivity contribution >= 4 is 22.5 Å². The Kier molecular flexibility index (Phi) is 2.63. The van der Waals surface area contributed by atoms with Gasteiger partial charge in [0.25, 0.3) is 0 Å². The molecule has 0 radical (unpaired) electrons. The molecule has 0 fully saturated rings. The van der Waals surface area contributed by atoms with Crippen LogP contribution >= 0.6 is 0 Å². The van der Waals surface area contributed by atoms with Gasteiger partial charge in [0.15, 0.2) is 11.6 Å². The first-order valence-corrected chi connectivity index (χ1v) is 5.09. The van der Waals surface area contributed by atoms with Gasteiger partial charge in [0.1, 0.15) is 5.58 Å². The van der Waals surface area contributed by atoms with E-state index in [-0.39, 0.29) is 17.1 Å². The van der Waals surface area contributed by atoms with Gasteiger partial charge < -0.3 is 4.42 Å². The van der Waals surface area contributed by atoms with Gasteiger partial charge in [-0.15, -0.1) is 0 Å². The molecular formula is C13H10O4. The highest BCUT2D eigenvalue weighted by Crippen LogP contribution is 2.19. The van der Waals surface area contributed by atoms with Gasteiger partial charge in [0.2, 0.25) is 0 Å². The van der Waals surface area contributed by atoms with E-state index in [9.17, 15) is 14.4 Å². The van der Waals surface area contributed by atoms with Crippen molar-refractivity contribution in [3.8, 4) is 0 Å². The van der Waals surface area contributed by atoms with Crippen LogP contribution in [-0.4, -0.2) is 11.6 Å². The summed E-state index contributed by atoms with van der Waals surface area (Å²) in [5.41, 5.74) is 0.499. The molecule has 0 saturated carbocycles. The van der Waals surface area contributed by atoms with Crippen LogP contribution in [0.4, 0.5) is 0 Å². The fourth-order valence-corrected chi connectivity index (χ4v) is 1.67. The Labute approximate surface area is 96.9 Å². The topological polar surface area (TPSA) is 64.3 Å². The van der Waals surface area contributed by atoms with Crippen LogP contribution in [-0.2, 0) is 0 Å². The molecule has 0 N–H and O–H groups in total. The van der Waals surface area contributed by atoms with Gasteiger partial charge in [-0.1, -0.05) is 0 Å². The molecule has 0 bridgehead atoms. The summed E-state index contributed by atoms with van der Waals surface area (Å²) in [6, 6.07) is 5.81. The molecule has 0 atom stereocenters. The number of hydrogen-bond donors (Lipinski definition) is 0. The van der Waals surface area contributed by atoms with Crippen LogP contribution in [0.25, 0.3) is 11.0 Å². The van der Waals surface area contributed by atoms with Gasteiger partial charge in [-0.05, 0) is 32.0 Å². The number of Topliss-reactive ketones (excluding diaryl/α,β-unsaturated/α-hetero) is 2. The molecule has 0 aliphatic heterocycles. The smallest absolute Gasteiger partial charge is 0.336 e. The number of benzene rings is 1. The maximum Gasteiger partial charge on any atom is 0.336 e. The molecule has 17 heavy (non-hydrogen) atoms. The first kappa shape index (κ1) is 11.3. The normalized spacial score (nSPS) is 10.5. The molecule has 0 saturated heterocycles. The molecule has 1 aromatic heterocycles. The van der Waals surface area contributed by atoms with E-state index in [1.165, 1.54) is 19.9 Å². The summed E-state index contributed by atoms with van der Waals surface area (Å²) >= 11 is 0. The summed E-state index contributed by atoms with van der Waals surface area (Å²) in [5, 5.41) is 0.491. The largest absolute Gasteiger partial charge is 0.423 e. The Hall–Kier alpha value is -2.23. The fraction of sp³-hybridized carbons (Fsp3) is 0.154. The number of hydrogen-bond acceptors (Lipinski definition) is 4. The lowest BCUT2D eigenvalue weighted by Crippen LogP contribution is -2.04. The van der Waals surface area contributed by atoms with Crippen molar-refractivity contribution < 1.29 is 14.0 Å². The molecule has 4 heteroatoms. The molecule has 1 heterocycles. The molecule has 0 spiro atoms. The van der Waals surface area contributed by atoms with E-state index in [0.717, 1.165) is 6.07 Å². The minimum absolute atomic E-state index is 0.104. The summed E-state index contributed by atoms with van der Waals surface area (Å²) < 4.78 is 4.97. The molecule has 2 aromatic rings. The van der Waals surface area contributed by atoms with Gasteiger partial charge >= 0.3 is 5.63 Å². The minimum Gasteiger partial charge on any atom is -0.423 e. The van der Waals surface area contributed by atoms with Crippen molar-refractivity contribution in [1.29, 1.82) is 0 Å². The standard InChI is InChI=1S/C13H10O4/c1-7(14)9-3-4-12-11(5-9)10(8(2)15)6-13(16)17-12/h3-6H,1-2H3. The van der Waals surface area contributed by atoms with Crippen LogP contribution in [0.1, 0.15) is 34.6 Å². The summed E-state index contributed by atoms with van der Waals surface area (Å²) in [5.74, 6) is -0.337. The SMILES string of the molecule is CC(=O)c1ccc2oc(=O)cc(C(C)=O)c2c1. The molecule has 86 valence electrons. The highest BCUT2D eigenvalue weighted by Gasteiger charge is 2.11. The van der Waals surface area contributed by atoms with Crippen molar-refractivity contribution in [2.45, 2.75) is 13.8 Å². The average Bonchev–Trinajstić information content (AvgIpc) is 2.26. The van der Waals surface area contributed by atoms with Crippen molar-refractivity contribution in [3.63, 3.8) is 0 Å². The zero-order valence-electron chi connectivity index (χ0n) is 9.44. The monoisotopic (exact) mass is 230 g/mol. The second-order valence-corrected chi connectivity index (χ2v) is 3.80. The van der Waals surface area contributed by atoms with E-state index in [1.54, 1.807) is 12.1 Å². The molecular weight excluding hydrogens is 220 g/mol. The molecule has 2 rings (SSSR count). The van der Waals surface area contributed by atoms with Gasteiger partial charge in [-0.25, -0.2) is 4.79 Å². The van der Waals surface area contributed by atoms with Gasteiger partial charge in [0, 0.05) is 22.6 Å². The summed E-state index contributed by atoms with van der Waals surface area (Å²) in [4.78, 5) is 33.9. The molecule has 1 aromatic carbocycles. The predicted octanol–water partition coefficient (Wildman–Crippen LogP) is 2.20. The minimum atomic E-state index is -0.571. The molecule has 4 nitrogen and oxygen atoms in total. The van der Waals surface area contributed by atoms with Crippen LogP contribution in [0.15, 0.2) is 33.5 Å². The van der Waals surface area contributed by atoms with E-state index in [1.807, 2.05) is 0 Å². The van der Waals surface area contributed by atoms with Crippen molar-refractivity contribution in [2.75, 3.05) is 0 Å². The van der Waals surface area contributed by atoms with Gasteiger partial charge in [0.05, 0.1) is 0 Å². The number of fused-ring (bicyclic) bond motifs is 1. The van der Waals surface area contributed by atoms with E-state index < -0.39 is 5.63 Å². The Bertz CT molecular complexity index is 679. The Morgan fingerprint density at radius 3 is 2.35 bits per heavy atom. The molecule has 0 aliphatic carbocycles. The first-order chi connectivity index (χ1) is 7.99. The van der Waals surface area contributed by atoms with E-state index >= 15 is 0 Å². The summed E-state index contributed by atoms with van der Waals surface area (Å²) in [6.07, 6.45) is 0. The van der Waals surface area contributed by atoms with Crippen LogP contribution in [0.5, 0.6) is 0 Å². The van der Waals surface area contributed by atoms with E-state index in [4.69, 9.17) is 4.42 Å². The number of rotatable bonds is 2. The number of ketones is 2. The molecule has 0 aliphatic rings. The van der Waals surface area contributed by atoms with Crippen molar-refractivity contribution in [2.24, 2.45) is 0 Å². The lowest BCUT2D eigenvalue weighted by atomic mass is 10.0. The van der Waals surface area contributed by atoms with Crippen LogP contribution < -0.4 is 5.63 Å². The highest BCUT2D eigenvalue weighted by atomic mass is 16.4. The fourth-order valence-electron chi connectivity index (χ4n) is 1.67. The maximum absolute atomic E-state index is 11.4. The zero-order chi connectivity index (χ0) is 12.6. The van der Waals surface area contributed by atoms with Gasteiger partial charge in [-0.3, -0.25) is 9.59 Å². The average molecular weight is 230 g/mol.